The molecule has 0 aromatic rings. The molecule has 0 unspecified atom stereocenters. The molecule has 0 bridgehead atoms. The summed E-state index contributed by atoms with van der Waals surface area (Å²) in [4.78, 5) is 0. The zero-order valence-electron chi connectivity index (χ0n) is 8.97. The molecule has 1 aliphatic rings. The number of hydrogen-bond acceptors (Lipinski definition) is 3. The fraction of sp³-hybridized carbons (Fsp3) is 1.00. The van der Waals surface area contributed by atoms with Crippen LogP contribution in [0.2, 0.25) is 0 Å². The Morgan fingerprint density at radius 2 is 1.69 bits per heavy atom. The van der Waals surface area contributed by atoms with Crippen LogP contribution in [0.25, 0.3) is 0 Å². The van der Waals surface area contributed by atoms with E-state index >= 15 is 0 Å². The lowest BCUT2D eigenvalue weighted by molar-refractivity contribution is 0.146. The largest absolute Gasteiger partial charge is 0.329 e. The molecule has 3 N–H and O–H groups in total. The Morgan fingerprint density at radius 1 is 1.15 bits per heavy atom. The third-order valence-electron chi connectivity index (χ3n) is 2.91. The summed E-state index contributed by atoms with van der Waals surface area (Å²) in [5, 5.41) is 2.04. The SMILES string of the molecule is CN(C)NC1(CN)CCCCCC1. The van der Waals surface area contributed by atoms with E-state index in [-0.39, 0.29) is 5.54 Å². The standard InChI is InChI=1S/C10H23N3/c1-13(2)12-10(9-11)7-5-3-4-6-8-10/h12H,3-9,11H2,1-2H3. The highest BCUT2D eigenvalue weighted by Crippen LogP contribution is 2.26. The van der Waals surface area contributed by atoms with Crippen LogP contribution < -0.4 is 11.2 Å². The molecule has 0 aromatic heterocycles. The predicted octanol–water partition coefficient (Wildman–Crippen LogP) is 1.10. The highest BCUT2D eigenvalue weighted by atomic mass is 15.5. The normalized spacial score (nSPS) is 23.1. The van der Waals surface area contributed by atoms with Gasteiger partial charge in [0.15, 0.2) is 0 Å². The van der Waals surface area contributed by atoms with Gasteiger partial charge in [0.2, 0.25) is 0 Å². The molecule has 3 nitrogen and oxygen atoms in total. The van der Waals surface area contributed by atoms with E-state index in [0.29, 0.717) is 0 Å². The van der Waals surface area contributed by atoms with Gasteiger partial charge in [-0.2, -0.15) is 0 Å². The van der Waals surface area contributed by atoms with E-state index in [1.54, 1.807) is 0 Å². The van der Waals surface area contributed by atoms with Gasteiger partial charge in [-0.15, -0.1) is 0 Å². The van der Waals surface area contributed by atoms with Crippen molar-refractivity contribution >= 4 is 0 Å². The van der Waals surface area contributed by atoms with Crippen molar-refractivity contribution in [2.24, 2.45) is 5.73 Å². The number of hydrazine groups is 1. The lowest BCUT2D eigenvalue weighted by Gasteiger charge is -2.35. The van der Waals surface area contributed by atoms with Gasteiger partial charge in [-0.25, -0.2) is 5.43 Å². The van der Waals surface area contributed by atoms with Crippen LogP contribution in [0.3, 0.4) is 0 Å². The maximum atomic E-state index is 5.87. The van der Waals surface area contributed by atoms with Crippen molar-refractivity contribution in [3.8, 4) is 0 Å². The Balaban J connectivity index is 2.53. The van der Waals surface area contributed by atoms with Crippen LogP contribution in [0.15, 0.2) is 0 Å². The molecular formula is C10H23N3. The van der Waals surface area contributed by atoms with Gasteiger partial charge in [-0.1, -0.05) is 25.7 Å². The van der Waals surface area contributed by atoms with Gasteiger partial charge in [0.05, 0.1) is 0 Å². The van der Waals surface area contributed by atoms with Gasteiger partial charge in [0, 0.05) is 26.2 Å². The van der Waals surface area contributed by atoms with E-state index in [0.717, 1.165) is 6.54 Å². The van der Waals surface area contributed by atoms with Crippen molar-refractivity contribution in [2.45, 2.75) is 44.1 Å². The second-order valence-electron chi connectivity index (χ2n) is 4.40. The molecule has 0 radical (unpaired) electrons. The van der Waals surface area contributed by atoms with E-state index in [9.17, 15) is 0 Å². The molecule has 0 saturated heterocycles. The van der Waals surface area contributed by atoms with Gasteiger partial charge in [0.1, 0.15) is 0 Å². The molecule has 0 heterocycles. The molecular weight excluding hydrogens is 162 g/mol. The molecule has 0 spiro atoms. The van der Waals surface area contributed by atoms with Crippen LogP contribution in [-0.4, -0.2) is 31.2 Å². The Bertz CT molecular complexity index is 137. The topological polar surface area (TPSA) is 41.3 Å². The smallest absolute Gasteiger partial charge is 0.0447 e. The van der Waals surface area contributed by atoms with Crippen LogP contribution in [-0.2, 0) is 0 Å². The summed E-state index contributed by atoms with van der Waals surface area (Å²) in [5.41, 5.74) is 9.54. The molecule has 1 aliphatic carbocycles. The predicted molar refractivity (Wildman–Crippen MR) is 56.3 cm³/mol. The molecule has 13 heavy (non-hydrogen) atoms. The Morgan fingerprint density at radius 3 is 2.08 bits per heavy atom. The van der Waals surface area contributed by atoms with Crippen LogP contribution in [0.5, 0.6) is 0 Å². The van der Waals surface area contributed by atoms with Gasteiger partial charge in [0.25, 0.3) is 0 Å². The summed E-state index contributed by atoms with van der Waals surface area (Å²) < 4.78 is 0. The fourth-order valence-corrected chi connectivity index (χ4v) is 2.24. The van der Waals surface area contributed by atoms with Crippen molar-refractivity contribution in [1.29, 1.82) is 0 Å². The number of hydrogen-bond donors (Lipinski definition) is 2. The number of nitrogens with zero attached hydrogens (tertiary/aromatic N) is 1. The summed E-state index contributed by atoms with van der Waals surface area (Å²) in [6.45, 7) is 0.755. The van der Waals surface area contributed by atoms with Gasteiger partial charge >= 0.3 is 0 Å². The Labute approximate surface area is 81.6 Å². The minimum Gasteiger partial charge on any atom is -0.329 e. The van der Waals surface area contributed by atoms with Crippen molar-refractivity contribution in [3.63, 3.8) is 0 Å². The number of nitrogens with one attached hydrogen (secondary N) is 1. The summed E-state index contributed by atoms with van der Waals surface area (Å²) >= 11 is 0. The van der Waals surface area contributed by atoms with Crippen molar-refractivity contribution < 1.29 is 0 Å². The summed E-state index contributed by atoms with van der Waals surface area (Å²) in [7, 11) is 4.09. The molecule has 1 fully saturated rings. The first-order valence-electron chi connectivity index (χ1n) is 5.34. The molecule has 0 amide bonds. The zero-order chi connectivity index (χ0) is 9.73. The minimum absolute atomic E-state index is 0.181. The first kappa shape index (κ1) is 11.0. The van der Waals surface area contributed by atoms with Crippen molar-refractivity contribution in [3.05, 3.63) is 0 Å². The fourth-order valence-electron chi connectivity index (χ4n) is 2.24. The van der Waals surface area contributed by atoms with E-state index in [4.69, 9.17) is 5.73 Å². The third kappa shape index (κ3) is 3.25. The zero-order valence-corrected chi connectivity index (χ0v) is 8.97. The van der Waals surface area contributed by atoms with Crippen LogP contribution in [0.1, 0.15) is 38.5 Å². The first-order valence-corrected chi connectivity index (χ1v) is 5.34. The third-order valence-corrected chi connectivity index (χ3v) is 2.91. The van der Waals surface area contributed by atoms with Gasteiger partial charge in [-0.3, -0.25) is 5.01 Å². The summed E-state index contributed by atoms with van der Waals surface area (Å²) in [6.07, 6.45) is 7.83. The lowest BCUT2D eigenvalue weighted by atomic mass is 9.91. The second kappa shape index (κ2) is 4.94. The van der Waals surface area contributed by atoms with Gasteiger partial charge < -0.3 is 5.73 Å². The molecule has 0 aromatic carbocycles. The minimum atomic E-state index is 0.181. The molecule has 1 saturated carbocycles. The van der Waals surface area contributed by atoms with Gasteiger partial charge in [-0.05, 0) is 12.8 Å². The molecule has 0 atom stereocenters. The summed E-state index contributed by atoms with van der Waals surface area (Å²) in [5.74, 6) is 0. The maximum absolute atomic E-state index is 5.87. The van der Waals surface area contributed by atoms with Crippen LogP contribution in [0.4, 0.5) is 0 Å². The highest BCUT2D eigenvalue weighted by Gasteiger charge is 2.29. The monoisotopic (exact) mass is 185 g/mol. The average molecular weight is 185 g/mol. The van der Waals surface area contributed by atoms with Crippen LogP contribution >= 0.6 is 0 Å². The summed E-state index contributed by atoms with van der Waals surface area (Å²) in [6, 6.07) is 0. The Hall–Kier alpha value is -0.120. The van der Waals surface area contributed by atoms with E-state index in [2.05, 4.69) is 5.43 Å². The first-order chi connectivity index (χ1) is 6.18. The average Bonchev–Trinajstić information content (AvgIpc) is 2.30. The molecule has 1 rings (SSSR count). The number of rotatable bonds is 3. The van der Waals surface area contributed by atoms with E-state index < -0.39 is 0 Å². The highest BCUT2D eigenvalue weighted by molar-refractivity contribution is 4.89. The van der Waals surface area contributed by atoms with Crippen LogP contribution in [0, 0.1) is 0 Å². The Kier molecular flexibility index (Phi) is 4.16. The van der Waals surface area contributed by atoms with Crippen molar-refractivity contribution in [2.75, 3.05) is 20.6 Å². The lowest BCUT2D eigenvalue weighted by Crippen LogP contribution is -2.55. The van der Waals surface area contributed by atoms with E-state index in [1.807, 2.05) is 19.1 Å². The van der Waals surface area contributed by atoms with E-state index in [1.165, 1.54) is 38.5 Å². The molecule has 3 heteroatoms. The van der Waals surface area contributed by atoms with Crippen molar-refractivity contribution in [1.82, 2.24) is 10.4 Å². The molecule has 78 valence electrons. The quantitative estimate of drug-likeness (QED) is 0.511. The molecule has 0 aliphatic heterocycles. The number of nitrogens with two attached hydrogens (primary N) is 1. The second-order valence-corrected chi connectivity index (χ2v) is 4.40. The maximum Gasteiger partial charge on any atom is 0.0447 e.